The summed E-state index contributed by atoms with van der Waals surface area (Å²) in [5, 5.41) is 2.84. The van der Waals surface area contributed by atoms with Gasteiger partial charge in [0.2, 0.25) is 0 Å². The number of hydrogen-bond acceptors (Lipinski definition) is 3. The van der Waals surface area contributed by atoms with Crippen molar-refractivity contribution in [1.29, 1.82) is 0 Å². The first-order chi connectivity index (χ1) is 13.6. The summed E-state index contributed by atoms with van der Waals surface area (Å²) >= 11 is 7.49. The van der Waals surface area contributed by atoms with E-state index < -0.39 is 0 Å². The normalized spacial score (nSPS) is 17.4. The number of H-pyrrole nitrogens is 1. The minimum Gasteiger partial charge on any atom is -0.345 e. The van der Waals surface area contributed by atoms with Gasteiger partial charge in [-0.15, -0.1) is 11.3 Å². The van der Waals surface area contributed by atoms with Crippen molar-refractivity contribution in [1.82, 2.24) is 15.3 Å². The average Bonchev–Trinajstić information content (AvgIpc) is 3.40. The molecule has 0 saturated carbocycles. The van der Waals surface area contributed by atoms with E-state index in [1.54, 1.807) is 11.2 Å². The number of aromatic amines is 1. The van der Waals surface area contributed by atoms with E-state index in [0.717, 1.165) is 38.3 Å². The van der Waals surface area contributed by atoms with Crippen LogP contribution in [0.3, 0.4) is 0 Å². The Labute approximate surface area is 167 Å². The van der Waals surface area contributed by atoms with Crippen molar-refractivity contribution >= 4 is 45.7 Å². The van der Waals surface area contributed by atoms with E-state index in [9.17, 15) is 4.79 Å². The molecule has 1 atom stereocenters. The average molecular weight is 411 g/mol. The highest BCUT2D eigenvalue weighted by Gasteiger charge is 2.41. The van der Waals surface area contributed by atoms with E-state index in [0.29, 0.717) is 16.4 Å². The summed E-state index contributed by atoms with van der Waals surface area (Å²) in [5.41, 5.74) is 5.26. The van der Waals surface area contributed by atoms with Crippen LogP contribution in [0.25, 0.3) is 32.6 Å². The lowest BCUT2D eigenvalue weighted by Gasteiger charge is -2.33. The van der Waals surface area contributed by atoms with Crippen LogP contribution in [-0.4, -0.2) is 22.5 Å². The summed E-state index contributed by atoms with van der Waals surface area (Å²) in [7, 11) is 0. The molecular weight excluding hydrogens is 399 g/mol. The zero-order valence-electron chi connectivity index (χ0n) is 14.3. The van der Waals surface area contributed by atoms with Crippen molar-refractivity contribution in [2.75, 3.05) is 11.4 Å². The number of urea groups is 1. The van der Waals surface area contributed by atoms with Crippen LogP contribution in [0, 0.1) is 5.82 Å². The lowest BCUT2D eigenvalue weighted by Crippen LogP contribution is -2.33. The number of anilines is 1. The van der Waals surface area contributed by atoms with Crippen molar-refractivity contribution < 1.29 is 9.18 Å². The van der Waals surface area contributed by atoms with Crippen LogP contribution in [-0.2, 0) is 0 Å². The van der Waals surface area contributed by atoms with Gasteiger partial charge in [0.15, 0.2) is 0 Å². The summed E-state index contributed by atoms with van der Waals surface area (Å²) in [6, 6.07) is 10.4. The van der Waals surface area contributed by atoms with Crippen LogP contribution in [0.15, 0.2) is 42.7 Å². The number of carbonyl (C=O) groups is 1. The molecule has 2 aliphatic rings. The van der Waals surface area contributed by atoms with E-state index in [-0.39, 0.29) is 17.9 Å². The van der Waals surface area contributed by atoms with E-state index in [1.165, 1.54) is 17.4 Å². The Morgan fingerprint density at radius 3 is 2.93 bits per heavy atom. The van der Waals surface area contributed by atoms with Gasteiger partial charge < -0.3 is 10.3 Å². The van der Waals surface area contributed by atoms with E-state index in [4.69, 9.17) is 11.6 Å². The van der Waals surface area contributed by atoms with Gasteiger partial charge in [-0.2, -0.15) is 0 Å². The van der Waals surface area contributed by atoms with Gasteiger partial charge in [0, 0.05) is 22.5 Å². The molecule has 6 rings (SSSR count). The van der Waals surface area contributed by atoms with Gasteiger partial charge in [-0.1, -0.05) is 11.6 Å². The highest BCUT2D eigenvalue weighted by Crippen LogP contribution is 2.49. The fraction of sp³-hybridized carbons (Fsp3) is 0.100. The molecule has 0 aliphatic carbocycles. The van der Waals surface area contributed by atoms with Crippen LogP contribution in [0.2, 0.25) is 4.34 Å². The maximum Gasteiger partial charge on any atom is 0.322 e. The predicted molar refractivity (Wildman–Crippen MR) is 108 cm³/mol. The van der Waals surface area contributed by atoms with Crippen LogP contribution in [0.4, 0.5) is 14.9 Å². The second-order valence-corrected chi connectivity index (χ2v) is 8.60. The topological polar surface area (TPSA) is 61.0 Å². The highest BCUT2D eigenvalue weighted by atomic mass is 35.5. The molecule has 1 fully saturated rings. The molecule has 2 aromatic heterocycles. The summed E-state index contributed by atoms with van der Waals surface area (Å²) in [6.07, 6.45) is 1.61. The fourth-order valence-corrected chi connectivity index (χ4v) is 5.22. The molecule has 0 bridgehead atoms. The van der Waals surface area contributed by atoms with Crippen molar-refractivity contribution in [3.05, 3.63) is 58.4 Å². The molecule has 4 aromatic rings. The second-order valence-electron chi connectivity index (χ2n) is 6.88. The molecule has 8 heteroatoms. The standard InChI is InChI=1S/C20H12ClFN4OS/c21-18-2-1-17(28-18)9-3-11-10-5-13-14(25-8-24-13)6-15(10)26-16(7-23-20(26)27)19(11)12(22)4-9/h1-6,8,16H,7H2,(H,23,27)(H,24,25). The number of amides is 2. The molecule has 0 spiro atoms. The van der Waals surface area contributed by atoms with E-state index in [1.807, 2.05) is 30.3 Å². The fourth-order valence-electron chi connectivity index (χ4n) is 4.19. The number of halogens is 2. The third kappa shape index (κ3) is 2.11. The summed E-state index contributed by atoms with van der Waals surface area (Å²) in [6.45, 7) is 0.366. The third-order valence-corrected chi connectivity index (χ3v) is 6.67. The molecule has 4 heterocycles. The van der Waals surface area contributed by atoms with Crippen molar-refractivity contribution in [2.24, 2.45) is 0 Å². The van der Waals surface area contributed by atoms with Gasteiger partial charge >= 0.3 is 6.03 Å². The van der Waals surface area contributed by atoms with Crippen molar-refractivity contribution in [2.45, 2.75) is 6.04 Å². The molecule has 0 radical (unpaired) electrons. The first-order valence-electron chi connectivity index (χ1n) is 8.74. The van der Waals surface area contributed by atoms with Gasteiger partial charge in [0.05, 0.1) is 33.4 Å². The Bertz CT molecular complexity index is 1300. The number of hydrogen-bond donors (Lipinski definition) is 2. The molecule has 1 saturated heterocycles. The maximum absolute atomic E-state index is 15.3. The van der Waals surface area contributed by atoms with Crippen LogP contribution in [0.1, 0.15) is 11.6 Å². The molecule has 2 aromatic carbocycles. The number of imidazole rings is 1. The first-order valence-corrected chi connectivity index (χ1v) is 9.93. The first kappa shape index (κ1) is 16.1. The van der Waals surface area contributed by atoms with Gasteiger partial charge in [0.25, 0.3) is 0 Å². The summed E-state index contributed by atoms with van der Waals surface area (Å²) < 4.78 is 16.0. The molecule has 5 nitrogen and oxygen atoms in total. The molecule has 2 amide bonds. The monoisotopic (exact) mass is 410 g/mol. The number of rotatable bonds is 1. The Morgan fingerprint density at radius 1 is 1.21 bits per heavy atom. The Balaban J connectivity index is 1.68. The number of fused-ring (bicyclic) bond motifs is 7. The smallest absolute Gasteiger partial charge is 0.322 e. The number of aromatic nitrogens is 2. The van der Waals surface area contributed by atoms with Crippen molar-refractivity contribution in [3.63, 3.8) is 0 Å². The highest BCUT2D eigenvalue weighted by molar-refractivity contribution is 7.19. The Morgan fingerprint density at radius 2 is 2.11 bits per heavy atom. The largest absolute Gasteiger partial charge is 0.345 e. The van der Waals surface area contributed by atoms with E-state index in [2.05, 4.69) is 15.3 Å². The SMILES string of the molecule is O=C1NCC2c3c(F)cc(-c4ccc(Cl)s4)cc3-c3cc4[nH]cnc4cc3N12. The molecule has 2 aliphatic heterocycles. The minimum atomic E-state index is -0.382. The zero-order chi connectivity index (χ0) is 19.0. The van der Waals surface area contributed by atoms with Crippen LogP contribution in [0.5, 0.6) is 0 Å². The van der Waals surface area contributed by atoms with Crippen molar-refractivity contribution in [3.8, 4) is 21.6 Å². The van der Waals surface area contributed by atoms with Gasteiger partial charge in [0.1, 0.15) is 5.82 Å². The summed E-state index contributed by atoms with van der Waals surface area (Å²) in [4.78, 5) is 22.4. The molecule has 2 N–H and O–H groups in total. The lowest BCUT2D eigenvalue weighted by molar-refractivity contribution is 0.251. The maximum atomic E-state index is 15.3. The van der Waals surface area contributed by atoms with Crippen LogP contribution < -0.4 is 10.2 Å². The van der Waals surface area contributed by atoms with E-state index >= 15 is 4.39 Å². The Hall–Kier alpha value is -2.90. The molecular formula is C20H12ClFN4OS. The number of nitrogens with zero attached hydrogens (tertiary/aromatic N) is 2. The third-order valence-electron chi connectivity index (χ3n) is 5.39. The number of nitrogens with one attached hydrogen (secondary N) is 2. The number of carbonyl (C=O) groups excluding carboxylic acids is 1. The number of benzene rings is 2. The molecule has 28 heavy (non-hydrogen) atoms. The van der Waals surface area contributed by atoms with Gasteiger partial charge in [-0.3, -0.25) is 4.90 Å². The minimum absolute atomic E-state index is 0.222. The molecule has 138 valence electrons. The lowest BCUT2D eigenvalue weighted by atomic mass is 9.86. The van der Waals surface area contributed by atoms with Gasteiger partial charge in [-0.05, 0) is 47.5 Å². The number of thiophene rings is 1. The van der Waals surface area contributed by atoms with Gasteiger partial charge in [-0.25, -0.2) is 14.2 Å². The Kier molecular flexibility index (Phi) is 3.19. The zero-order valence-corrected chi connectivity index (χ0v) is 15.9. The summed E-state index contributed by atoms with van der Waals surface area (Å²) in [5.74, 6) is -0.320. The predicted octanol–water partition coefficient (Wildman–Crippen LogP) is 5.34. The van der Waals surface area contributed by atoms with Crippen LogP contribution >= 0.6 is 22.9 Å². The second kappa shape index (κ2) is 5.56. The quantitative estimate of drug-likeness (QED) is 0.445. The molecule has 1 unspecified atom stereocenters.